The Morgan fingerprint density at radius 2 is 2.29 bits per heavy atom. The molecule has 2 heterocycles. The highest BCUT2D eigenvalue weighted by Gasteiger charge is 2.42. The molecule has 2 aliphatic rings. The van der Waals surface area contributed by atoms with E-state index in [0.29, 0.717) is 11.7 Å². The van der Waals surface area contributed by atoms with Crippen LogP contribution in [0.1, 0.15) is 25.7 Å². The SMILES string of the molecule is O=C(CCCCC1SCC2NC(=O)NC21)NF. The number of carbonyl (C=O) groups is 2. The lowest BCUT2D eigenvalue weighted by molar-refractivity contribution is -0.125. The molecule has 3 unspecified atom stereocenters. The third-order valence-corrected chi connectivity index (χ3v) is 4.69. The second-order valence-electron chi connectivity index (χ2n) is 4.39. The zero-order valence-electron chi connectivity index (χ0n) is 9.37. The number of hydrogen-bond acceptors (Lipinski definition) is 3. The molecule has 0 aromatic heterocycles. The van der Waals surface area contributed by atoms with Crippen LogP contribution >= 0.6 is 11.8 Å². The summed E-state index contributed by atoms with van der Waals surface area (Å²) < 4.78 is 11.7. The van der Waals surface area contributed by atoms with Crippen LogP contribution in [-0.4, -0.2) is 35.0 Å². The molecule has 0 aliphatic carbocycles. The van der Waals surface area contributed by atoms with Crippen LogP contribution in [0.4, 0.5) is 9.28 Å². The summed E-state index contributed by atoms with van der Waals surface area (Å²) in [6.45, 7) is 0. The molecule has 2 rings (SSSR count). The van der Waals surface area contributed by atoms with E-state index in [1.54, 1.807) is 0 Å². The molecule has 3 amide bonds. The molecule has 0 bridgehead atoms. The summed E-state index contributed by atoms with van der Waals surface area (Å²) in [5.41, 5.74) is 1.13. The fourth-order valence-corrected chi connectivity index (χ4v) is 3.86. The molecule has 0 spiro atoms. The van der Waals surface area contributed by atoms with Crippen LogP contribution in [0.5, 0.6) is 0 Å². The Morgan fingerprint density at radius 1 is 1.47 bits per heavy atom. The van der Waals surface area contributed by atoms with Gasteiger partial charge in [-0.2, -0.15) is 17.3 Å². The highest BCUT2D eigenvalue weighted by Crippen LogP contribution is 2.33. The minimum atomic E-state index is -0.558. The molecule has 3 N–H and O–H groups in total. The molecule has 96 valence electrons. The number of nitrogens with one attached hydrogen (secondary N) is 3. The minimum absolute atomic E-state index is 0.0814. The van der Waals surface area contributed by atoms with Crippen LogP contribution in [0.2, 0.25) is 0 Å². The second-order valence-corrected chi connectivity index (χ2v) is 5.66. The third-order valence-electron chi connectivity index (χ3n) is 3.19. The Bertz CT molecular complexity index is 316. The fraction of sp³-hybridized carbons (Fsp3) is 0.800. The molecule has 0 radical (unpaired) electrons. The minimum Gasteiger partial charge on any atom is -0.332 e. The predicted octanol–water partition coefficient (Wildman–Crippen LogP) is 0.713. The van der Waals surface area contributed by atoms with Crippen molar-refractivity contribution in [3.63, 3.8) is 0 Å². The van der Waals surface area contributed by atoms with E-state index in [0.717, 1.165) is 24.1 Å². The number of rotatable bonds is 5. The average Bonchev–Trinajstić information content (AvgIpc) is 2.84. The van der Waals surface area contributed by atoms with Crippen molar-refractivity contribution in [3.8, 4) is 0 Å². The van der Waals surface area contributed by atoms with Gasteiger partial charge >= 0.3 is 6.03 Å². The van der Waals surface area contributed by atoms with Crippen molar-refractivity contribution in [2.75, 3.05) is 5.75 Å². The summed E-state index contributed by atoms with van der Waals surface area (Å²) in [5, 5.41) is 6.21. The van der Waals surface area contributed by atoms with Gasteiger partial charge in [0.15, 0.2) is 0 Å². The molecule has 17 heavy (non-hydrogen) atoms. The van der Waals surface area contributed by atoms with Gasteiger partial charge in [0.1, 0.15) is 0 Å². The highest BCUT2D eigenvalue weighted by molar-refractivity contribution is 8.00. The van der Waals surface area contributed by atoms with Crippen LogP contribution in [0.15, 0.2) is 0 Å². The number of unbranched alkanes of at least 4 members (excludes halogenated alkanes) is 1. The van der Waals surface area contributed by atoms with E-state index in [1.165, 1.54) is 0 Å². The molecule has 2 saturated heterocycles. The quantitative estimate of drug-likeness (QED) is 0.388. The van der Waals surface area contributed by atoms with Gasteiger partial charge in [0, 0.05) is 17.4 Å². The lowest BCUT2D eigenvalue weighted by Gasteiger charge is -2.16. The van der Waals surface area contributed by atoms with Gasteiger partial charge in [0.05, 0.1) is 12.1 Å². The molecule has 5 nitrogen and oxygen atoms in total. The number of hydrogen-bond donors (Lipinski definition) is 3. The zero-order valence-corrected chi connectivity index (χ0v) is 10.2. The first-order valence-corrected chi connectivity index (χ1v) is 6.83. The van der Waals surface area contributed by atoms with Crippen LogP contribution in [-0.2, 0) is 4.79 Å². The molecule has 7 heteroatoms. The Kier molecular flexibility index (Phi) is 4.09. The van der Waals surface area contributed by atoms with E-state index in [-0.39, 0.29) is 24.5 Å². The first-order chi connectivity index (χ1) is 8.20. The molecule has 0 saturated carbocycles. The van der Waals surface area contributed by atoms with Crippen LogP contribution < -0.4 is 16.2 Å². The summed E-state index contributed by atoms with van der Waals surface area (Å²) in [6, 6.07) is 0.372. The lowest BCUT2D eigenvalue weighted by Crippen LogP contribution is -2.36. The number of halogens is 1. The van der Waals surface area contributed by atoms with Crippen molar-refractivity contribution in [1.29, 1.82) is 0 Å². The normalized spacial score (nSPS) is 30.6. The van der Waals surface area contributed by atoms with Gasteiger partial charge in [-0.15, -0.1) is 4.48 Å². The maximum Gasteiger partial charge on any atom is 0.315 e. The van der Waals surface area contributed by atoms with Gasteiger partial charge < -0.3 is 10.6 Å². The van der Waals surface area contributed by atoms with E-state index in [4.69, 9.17) is 0 Å². The van der Waals surface area contributed by atoms with Crippen molar-refractivity contribution >= 4 is 23.7 Å². The molecule has 2 aliphatic heterocycles. The van der Waals surface area contributed by atoms with Crippen molar-refractivity contribution in [1.82, 2.24) is 16.2 Å². The molecule has 0 aromatic carbocycles. The van der Waals surface area contributed by atoms with Gasteiger partial charge in [-0.25, -0.2) is 4.79 Å². The Morgan fingerprint density at radius 3 is 3.06 bits per heavy atom. The zero-order chi connectivity index (χ0) is 12.3. The van der Waals surface area contributed by atoms with Crippen LogP contribution in [0, 0.1) is 0 Å². The maximum atomic E-state index is 11.7. The molecule has 3 atom stereocenters. The van der Waals surface area contributed by atoms with Gasteiger partial charge in [-0.1, -0.05) is 6.42 Å². The van der Waals surface area contributed by atoms with E-state index >= 15 is 0 Å². The standard InChI is InChI=1S/C10H16FN3O2S/c11-14-8(15)4-2-1-3-7-9-6(5-17-7)12-10(16)13-9/h6-7,9H,1-5H2,(H,14,15)(H2,12,13,16). The molecule has 2 fully saturated rings. The van der Waals surface area contributed by atoms with Gasteiger partial charge in [-0.3, -0.25) is 4.79 Å². The van der Waals surface area contributed by atoms with Gasteiger partial charge in [-0.05, 0) is 12.8 Å². The summed E-state index contributed by atoms with van der Waals surface area (Å²) in [6.07, 6.45) is 2.75. The van der Waals surface area contributed by atoms with Gasteiger partial charge in [0.25, 0.3) is 0 Å². The first kappa shape index (κ1) is 12.5. The summed E-state index contributed by atoms with van der Waals surface area (Å²) >= 11 is 1.85. The first-order valence-electron chi connectivity index (χ1n) is 5.79. The smallest absolute Gasteiger partial charge is 0.315 e. The molecular formula is C10H16FN3O2S. The number of amides is 3. The molecule has 0 aromatic rings. The lowest BCUT2D eigenvalue weighted by atomic mass is 10.0. The summed E-state index contributed by atoms with van der Waals surface area (Å²) in [4.78, 5) is 21.8. The fourth-order valence-electron chi connectivity index (χ4n) is 2.32. The Hall–Kier alpha value is -0.980. The van der Waals surface area contributed by atoms with Crippen molar-refractivity contribution in [2.24, 2.45) is 0 Å². The monoisotopic (exact) mass is 261 g/mol. The number of urea groups is 1. The van der Waals surface area contributed by atoms with Crippen LogP contribution in [0.3, 0.4) is 0 Å². The number of thioether (sulfide) groups is 1. The molecular weight excluding hydrogens is 245 g/mol. The van der Waals surface area contributed by atoms with E-state index in [1.807, 2.05) is 11.8 Å². The Balaban J connectivity index is 1.66. The number of carbonyl (C=O) groups excluding carboxylic acids is 2. The highest BCUT2D eigenvalue weighted by atomic mass is 32.2. The van der Waals surface area contributed by atoms with Crippen molar-refractivity contribution in [3.05, 3.63) is 0 Å². The summed E-state index contributed by atoms with van der Waals surface area (Å²) in [5.74, 6) is 0.386. The average molecular weight is 261 g/mol. The Labute approximate surface area is 103 Å². The van der Waals surface area contributed by atoms with E-state index in [9.17, 15) is 14.1 Å². The topological polar surface area (TPSA) is 70.2 Å². The largest absolute Gasteiger partial charge is 0.332 e. The third kappa shape index (κ3) is 3.02. The van der Waals surface area contributed by atoms with Crippen LogP contribution in [0.25, 0.3) is 0 Å². The van der Waals surface area contributed by atoms with Crippen molar-refractivity contribution in [2.45, 2.75) is 43.0 Å². The second kappa shape index (κ2) is 5.57. The van der Waals surface area contributed by atoms with Crippen molar-refractivity contribution < 1.29 is 14.1 Å². The number of fused-ring (bicyclic) bond motifs is 1. The predicted molar refractivity (Wildman–Crippen MR) is 63.2 cm³/mol. The van der Waals surface area contributed by atoms with Gasteiger partial charge in [0.2, 0.25) is 5.91 Å². The summed E-state index contributed by atoms with van der Waals surface area (Å²) in [7, 11) is 0. The maximum absolute atomic E-state index is 11.7. The van der Waals surface area contributed by atoms with E-state index in [2.05, 4.69) is 10.6 Å². The van der Waals surface area contributed by atoms with E-state index < -0.39 is 5.91 Å².